The van der Waals surface area contributed by atoms with Gasteiger partial charge in [0.15, 0.2) is 5.65 Å². The minimum Gasteiger partial charge on any atom is -0.367 e. The quantitative estimate of drug-likeness (QED) is 0.881. The zero-order chi connectivity index (χ0) is 12.4. The van der Waals surface area contributed by atoms with Gasteiger partial charge in [-0.1, -0.05) is 13.8 Å². The number of anilines is 1. The molecule has 1 unspecified atom stereocenters. The Morgan fingerprint density at radius 3 is 2.82 bits per heavy atom. The van der Waals surface area contributed by atoms with E-state index < -0.39 is 0 Å². The highest BCUT2D eigenvalue weighted by Crippen LogP contribution is 2.21. The van der Waals surface area contributed by atoms with Gasteiger partial charge in [0.25, 0.3) is 0 Å². The van der Waals surface area contributed by atoms with Gasteiger partial charge in [-0.05, 0) is 26.7 Å². The highest BCUT2D eigenvalue weighted by molar-refractivity contribution is 5.57. The van der Waals surface area contributed by atoms with E-state index in [1.54, 1.807) is 0 Å². The first-order chi connectivity index (χ1) is 8.17. The van der Waals surface area contributed by atoms with E-state index >= 15 is 0 Å². The van der Waals surface area contributed by atoms with Crippen LogP contribution in [0.4, 0.5) is 5.82 Å². The minimum atomic E-state index is 0.452. The summed E-state index contributed by atoms with van der Waals surface area (Å²) in [5, 5.41) is 3.53. The van der Waals surface area contributed by atoms with Crippen molar-refractivity contribution in [3.8, 4) is 0 Å². The molecular weight excluding hydrogens is 212 g/mol. The summed E-state index contributed by atoms with van der Waals surface area (Å²) >= 11 is 0. The second kappa shape index (κ2) is 4.73. The monoisotopic (exact) mass is 232 g/mol. The molecule has 0 aliphatic rings. The largest absolute Gasteiger partial charge is 0.367 e. The molecule has 2 heterocycles. The van der Waals surface area contributed by atoms with Gasteiger partial charge in [-0.2, -0.15) is 0 Å². The van der Waals surface area contributed by atoms with Gasteiger partial charge in [-0.3, -0.25) is 9.38 Å². The topological polar surface area (TPSA) is 42.2 Å². The van der Waals surface area contributed by atoms with Crippen molar-refractivity contribution >= 4 is 11.5 Å². The first-order valence-corrected chi connectivity index (χ1v) is 6.26. The van der Waals surface area contributed by atoms with Crippen LogP contribution >= 0.6 is 0 Å². The van der Waals surface area contributed by atoms with Crippen molar-refractivity contribution < 1.29 is 0 Å². The summed E-state index contributed by atoms with van der Waals surface area (Å²) in [6.07, 6.45) is 5.82. The number of aromatic nitrogens is 3. The molecule has 0 bridgehead atoms. The summed E-state index contributed by atoms with van der Waals surface area (Å²) in [7, 11) is 0. The molecule has 2 rings (SSSR count). The Morgan fingerprint density at radius 2 is 2.18 bits per heavy atom. The number of hydrogen-bond acceptors (Lipinski definition) is 3. The summed E-state index contributed by atoms with van der Waals surface area (Å²) in [5.41, 5.74) is 3.04. The molecule has 0 aliphatic carbocycles. The molecule has 0 aliphatic heterocycles. The summed E-state index contributed by atoms with van der Waals surface area (Å²) in [6, 6.07) is 0.452. The van der Waals surface area contributed by atoms with Gasteiger partial charge in [0.05, 0.1) is 11.4 Å². The van der Waals surface area contributed by atoms with Crippen LogP contribution in [-0.4, -0.2) is 20.4 Å². The lowest BCUT2D eigenvalue weighted by Gasteiger charge is -2.13. The standard InChI is InChI=1S/C13H20N4/c1-5-9(3)15-13-11(6-2)16-12-10(4)14-7-8-17(12)13/h7-9,15H,5-6H2,1-4H3. The Hall–Kier alpha value is -1.58. The second-order valence-corrected chi connectivity index (χ2v) is 4.42. The molecule has 0 saturated heterocycles. The lowest BCUT2D eigenvalue weighted by Crippen LogP contribution is -2.16. The Balaban J connectivity index is 2.55. The number of nitrogens with one attached hydrogen (secondary N) is 1. The lowest BCUT2D eigenvalue weighted by molar-refractivity contribution is 0.754. The van der Waals surface area contributed by atoms with Crippen molar-refractivity contribution in [3.63, 3.8) is 0 Å². The molecule has 0 amide bonds. The summed E-state index contributed by atoms with van der Waals surface area (Å²) in [5.74, 6) is 1.11. The predicted molar refractivity (Wildman–Crippen MR) is 70.5 cm³/mol. The van der Waals surface area contributed by atoms with E-state index in [-0.39, 0.29) is 0 Å². The number of hydrogen-bond donors (Lipinski definition) is 1. The van der Waals surface area contributed by atoms with Crippen LogP contribution in [0.25, 0.3) is 5.65 Å². The third-order valence-electron chi connectivity index (χ3n) is 3.12. The molecule has 1 atom stereocenters. The van der Waals surface area contributed by atoms with Crippen molar-refractivity contribution in [2.45, 2.75) is 46.6 Å². The number of imidazole rings is 1. The van der Waals surface area contributed by atoms with E-state index in [1.165, 1.54) is 0 Å². The third kappa shape index (κ3) is 2.12. The van der Waals surface area contributed by atoms with Gasteiger partial charge >= 0.3 is 0 Å². The van der Waals surface area contributed by atoms with E-state index in [2.05, 4.69) is 40.5 Å². The molecule has 2 aromatic heterocycles. The Kier molecular flexibility index (Phi) is 3.31. The molecule has 4 nitrogen and oxygen atoms in total. The van der Waals surface area contributed by atoms with Crippen LogP contribution in [0.1, 0.15) is 38.6 Å². The molecule has 1 N–H and O–H groups in total. The SMILES string of the molecule is CCc1nc2c(C)nccn2c1NC(C)CC. The molecular formula is C13H20N4. The minimum absolute atomic E-state index is 0.452. The van der Waals surface area contributed by atoms with Crippen LogP contribution in [-0.2, 0) is 6.42 Å². The number of aryl methyl sites for hydroxylation is 2. The van der Waals surface area contributed by atoms with Crippen molar-refractivity contribution in [1.82, 2.24) is 14.4 Å². The van der Waals surface area contributed by atoms with Crippen LogP contribution in [0.3, 0.4) is 0 Å². The van der Waals surface area contributed by atoms with Gasteiger partial charge < -0.3 is 5.32 Å². The fraction of sp³-hybridized carbons (Fsp3) is 0.538. The van der Waals surface area contributed by atoms with Crippen LogP contribution < -0.4 is 5.32 Å². The lowest BCUT2D eigenvalue weighted by atomic mass is 10.2. The maximum absolute atomic E-state index is 4.66. The molecule has 0 fully saturated rings. The van der Waals surface area contributed by atoms with Gasteiger partial charge in [0.1, 0.15) is 5.82 Å². The Morgan fingerprint density at radius 1 is 1.41 bits per heavy atom. The van der Waals surface area contributed by atoms with Gasteiger partial charge in [0, 0.05) is 18.4 Å². The molecule has 2 aromatic rings. The number of rotatable bonds is 4. The molecule has 0 radical (unpaired) electrons. The van der Waals surface area contributed by atoms with Crippen molar-refractivity contribution in [1.29, 1.82) is 0 Å². The van der Waals surface area contributed by atoms with Crippen LogP contribution in [0.5, 0.6) is 0 Å². The van der Waals surface area contributed by atoms with E-state index in [1.807, 2.05) is 19.3 Å². The van der Waals surface area contributed by atoms with Crippen molar-refractivity contribution in [2.24, 2.45) is 0 Å². The highest BCUT2D eigenvalue weighted by Gasteiger charge is 2.13. The maximum atomic E-state index is 4.66. The summed E-state index contributed by atoms with van der Waals surface area (Å²) in [6.45, 7) is 8.49. The molecule has 0 spiro atoms. The Labute approximate surface area is 102 Å². The molecule has 4 heteroatoms. The zero-order valence-corrected chi connectivity index (χ0v) is 11.0. The normalized spacial score (nSPS) is 12.9. The van der Waals surface area contributed by atoms with E-state index in [0.717, 1.165) is 35.7 Å². The predicted octanol–water partition coefficient (Wildman–Crippen LogP) is 2.81. The van der Waals surface area contributed by atoms with Crippen molar-refractivity contribution in [2.75, 3.05) is 5.32 Å². The Bertz CT molecular complexity index is 515. The van der Waals surface area contributed by atoms with Crippen molar-refractivity contribution in [3.05, 3.63) is 23.8 Å². The average Bonchev–Trinajstić information content (AvgIpc) is 2.69. The maximum Gasteiger partial charge on any atom is 0.160 e. The molecule has 92 valence electrons. The van der Waals surface area contributed by atoms with E-state index in [0.29, 0.717) is 6.04 Å². The third-order valence-corrected chi connectivity index (χ3v) is 3.12. The summed E-state index contributed by atoms with van der Waals surface area (Å²) < 4.78 is 2.10. The highest BCUT2D eigenvalue weighted by atomic mass is 15.2. The zero-order valence-electron chi connectivity index (χ0n) is 11.0. The first kappa shape index (κ1) is 11.9. The van der Waals surface area contributed by atoms with Crippen LogP contribution in [0.2, 0.25) is 0 Å². The molecule has 0 aromatic carbocycles. The van der Waals surface area contributed by atoms with E-state index in [4.69, 9.17) is 0 Å². The molecule has 17 heavy (non-hydrogen) atoms. The second-order valence-electron chi connectivity index (χ2n) is 4.42. The van der Waals surface area contributed by atoms with Gasteiger partial charge in [-0.15, -0.1) is 0 Å². The smallest absolute Gasteiger partial charge is 0.160 e. The fourth-order valence-electron chi connectivity index (χ4n) is 1.88. The number of fused-ring (bicyclic) bond motifs is 1. The number of nitrogens with zero attached hydrogens (tertiary/aromatic N) is 3. The van der Waals surface area contributed by atoms with Gasteiger partial charge in [-0.25, -0.2) is 4.98 Å². The van der Waals surface area contributed by atoms with Crippen LogP contribution in [0.15, 0.2) is 12.4 Å². The van der Waals surface area contributed by atoms with E-state index in [9.17, 15) is 0 Å². The van der Waals surface area contributed by atoms with Gasteiger partial charge in [0.2, 0.25) is 0 Å². The molecule has 0 saturated carbocycles. The first-order valence-electron chi connectivity index (χ1n) is 6.26. The fourth-order valence-corrected chi connectivity index (χ4v) is 1.88. The summed E-state index contributed by atoms with van der Waals surface area (Å²) in [4.78, 5) is 8.94. The average molecular weight is 232 g/mol. The van der Waals surface area contributed by atoms with Crippen LogP contribution in [0, 0.1) is 6.92 Å².